The van der Waals surface area contributed by atoms with Gasteiger partial charge in [0.15, 0.2) is 0 Å². The number of likely N-dealkylation sites (tertiary alicyclic amines) is 1. The Morgan fingerprint density at radius 3 is 2.79 bits per heavy atom. The Balaban J connectivity index is 2.03. The van der Waals surface area contributed by atoms with Crippen LogP contribution in [-0.2, 0) is 11.3 Å². The van der Waals surface area contributed by atoms with E-state index in [9.17, 15) is 4.79 Å². The van der Waals surface area contributed by atoms with E-state index in [1.165, 1.54) is 0 Å². The van der Waals surface area contributed by atoms with E-state index >= 15 is 0 Å². The number of hydrogen-bond donors (Lipinski definition) is 0. The van der Waals surface area contributed by atoms with E-state index in [-0.39, 0.29) is 12.1 Å². The van der Waals surface area contributed by atoms with E-state index in [4.69, 9.17) is 4.74 Å². The third-order valence-electron chi connectivity index (χ3n) is 3.12. The highest BCUT2D eigenvalue weighted by Gasteiger charge is 2.35. The molecule has 1 aliphatic rings. The highest BCUT2D eigenvalue weighted by molar-refractivity contribution is 5.69. The molecular formula is C13H22N4O2. The van der Waals surface area contributed by atoms with E-state index in [1.807, 2.05) is 31.9 Å². The predicted molar refractivity (Wildman–Crippen MR) is 70.5 cm³/mol. The summed E-state index contributed by atoms with van der Waals surface area (Å²) < 4.78 is 7.23. The summed E-state index contributed by atoms with van der Waals surface area (Å²) in [5.41, 5.74) is -0.458. The molecule has 1 fully saturated rings. The lowest BCUT2D eigenvalue weighted by molar-refractivity contribution is 0.0207. The van der Waals surface area contributed by atoms with Gasteiger partial charge in [0, 0.05) is 12.7 Å². The van der Waals surface area contributed by atoms with E-state index in [0.29, 0.717) is 12.5 Å². The second-order valence-electron chi connectivity index (χ2n) is 6.25. The summed E-state index contributed by atoms with van der Waals surface area (Å²) in [6, 6.07) is 0.131. The van der Waals surface area contributed by atoms with Gasteiger partial charge >= 0.3 is 6.09 Å². The van der Waals surface area contributed by atoms with Crippen LogP contribution in [0.15, 0.2) is 12.4 Å². The molecule has 1 aromatic heterocycles. The molecule has 0 radical (unpaired) electrons. The van der Waals surface area contributed by atoms with Crippen LogP contribution in [0.1, 0.15) is 34.1 Å². The molecule has 0 aliphatic carbocycles. The Hall–Kier alpha value is -1.59. The second kappa shape index (κ2) is 5.19. The topological polar surface area (TPSA) is 60.2 Å². The largest absolute Gasteiger partial charge is 0.444 e. The van der Waals surface area contributed by atoms with Crippen molar-refractivity contribution in [2.45, 2.75) is 52.3 Å². The van der Waals surface area contributed by atoms with Gasteiger partial charge in [0.2, 0.25) is 0 Å². The fourth-order valence-corrected chi connectivity index (χ4v) is 2.41. The maximum absolute atomic E-state index is 12.2. The van der Waals surface area contributed by atoms with Crippen molar-refractivity contribution in [1.29, 1.82) is 0 Å². The van der Waals surface area contributed by atoms with E-state index in [2.05, 4.69) is 17.2 Å². The number of carbonyl (C=O) groups is 1. The van der Waals surface area contributed by atoms with Crippen molar-refractivity contribution < 1.29 is 9.53 Å². The molecule has 2 rings (SSSR count). The van der Waals surface area contributed by atoms with Crippen molar-refractivity contribution in [2.24, 2.45) is 5.92 Å². The normalized spacial score (nSPS) is 23.7. The number of ether oxygens (including phenoxy) is 1. The molecule has 0 saturated carbocycles. The molecular weight excluding hydrogens is 244 g/mol. The average Bonchev–Trinajstić information content (AvgIpc) is 2.86. The third kappa shape index (κ3) is 3.68. The second-order valence-corrected chi connectivity index (χ2v) is 6.25. The number of amides is 1. The molecule has 1 aromatic rings. The van der Waals surface area contributed by atoms with Gasteiger partial charge in [-0.05, 0) is 33.1 Å². The molecule has 0 aromatic carbocycles. The van der Waals surface area contributed by atoms with Crippen LogP contribution >= 0.6 is 0 Å². The minimum atomic E-state index is -0.458. The first-order chi connectivity index (χ1) is 8.85. The van der Waals surface area contributed by atoms with Crippen LogP contribution < -0.4 is 0 Å². The lowest BCUT2D eigenvalue weighted by Gasteiger charge is -2.28. The number of nitrogens with zero attached hydrogens (tertiary/aromatic N) is 4. The molecule has 0 unspecified atom stereocenters. The van der Waals surface area contributed by atoms with E-state index < -0.39 is 5.60 Å². The van der Waals surface area contributed by atoms with Gasteiger partial charge < -0.3 is 9.64 Å². The maximum atomic E-state index is 12.2. The molecule has 1 amide bonds. The summed E-state index contributed by atoms with van der Waals surface area (Å²) in [4.78, 5) is 14.0. The Labute approximate surface area is 113 Å². The van der Waals surface area contributed by atoms with Gasteiger partial charge in [0.1, 0.15) is 5.60 Å². The van der Waals surface area contributed by atoms with E-state index in [1.54, 1.807) is 10.9 Å². The van der Waals surface area contributed by atoms with Crippen molar-refractivity contribution in [3.05, 3.63) is 12.4 Å². The zero-order chi connectivity index (χ0) is 14.0. The molecule has 19 heavy (non-hydrogen) atoms. The first kappa shape index (κ1) is 13.8. The summed E-state index contributed by atoms with van der Waals surface area (Å²) in [6.07, 6.45) is 4.20. The minimum absolute atomic E-state index is 0.131. The summed E-state index contributed by atoms with van der Waals surface area (Å²) in [6.45, 7) is 9.22. The Morgan fingerprint density at radius 1 is 1.47 bits per heavy atom. The third-order valence-corrected chi connectivity index (χ3v) is 3.12. The summed E-state index contributed by atoms with van der Waals surface area (Å²) >= 11 is 0. The highest BCUT2D eigenvalue weighted by atomic mass is 16.6. The Bertz CT molecular complexity index is 424. The lowest BCUT2D eigenvalue weighted by Crippen LogP contribution is -2.41. The number of carbonyl (C=O) groups excluding carboxylic acids is 1. The SMILES string of the molecule is C[C@@H]1C[C@@H](Cn2ccnn2)N(C(=O)OC(C)(C)C)C1. The van der Waals surface area contributed by atoms with Gasteiger partial charge in [-0.15, -0.1) is 5.10 Å². The van der Waals surface area contributed by atoms with Crippen molar-refractivity contribution >= 4 is 6.09 Å². The number of aromatic nitrogens is 3. The lowest BCUT2D eigenvalue weighted by atomic mass is 10.1. The molecule has 0 bridgehead atoms. The van der Waals surface area contributed by atoms with Gasteiger partial charge in [0.25, 0.3) is 0 Å². The summed E-state index contributed by atoms with van der Waals surface area (Å²) in [5, 5.41) is 7.75. The molecule has 0 N–H and O–H groups in total. The van der Waals surface area contributed by atoms with Crippen LogP contribution in [0, 0.1) is 5.92 Å². The number of rotatable bonds is 2. The predicted octanol–water partition coefficient (Wildman–Crippen LogP) is 1.92. The maximum Gasteiger partial charge on any atom is 0.410 e. The molecule has 0 spiro atoms. The summed E-state index contributed by atoms with van der Waals surface area (Å²) in [5.74, 6) is 0.487. The van der Waals surface area contributed by atoms with E-state index in [0.717, 1.165) is 13.0 Å². The fraction of sp³-hybridized carbons (Fsp3) is 0.769. The molecule has 106 valence electrons. The zero-order valence-corrected chi connectivity index (χ0v) is 12.0. The monoisotopic (exact) mass is 266 g/mol. The van der Waals surface area contributed by atoms with Gasteiger partial charge in [0.05, 0.1) is 18.8 Å². The average molecular weight is 266 g/mol. The molecule has 1 saturated heterocycles. The number of hydrogen-bond acceptors (Lipinski definition) is 4. The molecule has 1 aliphatic heterocycles. The minimum Gasteiger partial charge on any atom is -0.444 e. The van der Waals surface area contributed by atoms with Gasteiger partial charge in [-0.25, -0.2) is 4.79 Å². The molecule has 2 heterocycles. The smallest absolute Gasteiger partial charge is 0.410 e. The van der Waals surface area contributed by atoms with Crippen molar-refractivity contribution in [3.63, 3.8) is 0 Å². The highest BCUT2D eigenvalue weighted by Crippen LogP contribution is 2.25. The van der Waals surface area contributed by atoms with Gasteiger partial charge in [-0.3, -0.25) is 4.68 Å². The fourth-order valence-electron chi connectivity index (χ4n) is 2.41. The van der Waals surface area contributed by atoms with Crippen LogP contribution in [0.2, 0.25) is 0 Å². The summed E-state index contributed by atoms with van der Waals surface area (Å²) in [7, 11) is 0. The Kier molecular flexibility index (Phi) is 3.78. The van der Waals surface area contributed by atoms with Crippen LogP contribution in [0.3, 0.4) is 0 Å². The van der Waals surface area contributed by atoms with Crippen LogP contribution in [0.25, 0.3) is 0 Å². The zero-order valence-electron chi connectivity index (χ0n) is 12.0. The van der Waals surface area contributed by atoms with Gasteiger partial charge in [-0.1, -0.05) is 12.1 Å². The van der Waals surface area contributed by atoms with Crippen LogP contribution in [-0.4, -0.2) is 44.2 Å². The van der Waals surface area contributed by atoms with Crippen LogP contribution in [0.4, 0.5) is 4.79 Å². The van der Waals surface area contributed by atoms with Crippen molar-refractivity contribution in [2.75, 3.05) is 6.54 Å². The van der Waals surface area contributed by atoms with Crippen molar-refractivity contribution in [3.8, 4) is 0 Å². The molecule has 6 heteroatoms. The Morgan fingerprint density at radius 2 is 2.21 bits per heavy atom. The molecule has 2 atom stereocenters. The van der Waals surface area contributed by atoms with Crippen LogP contribution in [0.5, 0.6) is 0 Å². The van der Waals surface area contributed by atoms with Gasteiger partial charge in [-0.2, -0.15) is 0 Å². The molecule has 6 nitrogen and oxygen atoms in total. The first-order valence-corrected chi connectivity index (χ1v) is 6.69. The quantitative estimate of drug-likeness (QED) is 0.820. The van der Waals surface area contributed by atoms with Crippen molar-refractivity contribution in [1.82, 2.24) is 19.9 Å². The first-order valence-electron chi connectivity index (χ1n) is 6.69. The standard InChI is InChI=1S/C13H22N4O2/c1-10-7-11(9-16-6-5-14-15-16)17(8-10)12(18)19-13(2,3)4/h5-6,10-11H,7-9H2,1-4H3/t10-,11+/m1/s1.